The predicted molar refractivity (Wildman–Crippen MR) is 130 cm³/mol. The third-order valence-electron chi connectivity index (χ3n) is 9.03. The van der Waals surface area contributed by atoms with Crippen LogP contribution in [0.2, 0.25) is 0 Å². The molecule has 0 amide bonds. The molecule has 2 bridgehead atoms. The van der Waals surface area contributed by atoms with Gasteiger partial charge in [-0.1, -0.05) is 13.8 Å². The third kappa shape index (κ3) is 5.01. The first kappa shape index (κ1) is 28.1. The minimum Gasteiger partial charge on any atom is -0.387 e. The molecule has 0 aromatic carbocycles. The van der Waals surface area contributed by atoms with Crippen molar-refractivity contribution in [3.05, 3.63) is 0 Å². The van der Waals surface area contributed by atoms with E-state index >= 15 is 0 Å². The Kier molecular flexibility index (Phi) is 8.01. The molecule has 37 heavy (non-hydrogen) atoms. The smallest absolute Gasteiger partial charge is 0.201 e. The Morgan fingerprint density at radius 3 is 2.35 bits per heavy atom. The van der Waals surface area contributed by atoms with Crippen LogP contribution in [0.5, 0.6) is 0 Å². The standard InChI is InChI=1S/C27H46O10/c1-13(2)30-12-19-22(31-14(3)4)20(28)21(29)24(32-19)33-23-16(6)18-9-8-15(5)17-10-11-26(7)35-25(34-23)27(17,18)37-36-26/h13-25,28-29H,8-12H2,1-7H3/t15-,16-,17+,18+,19-,20-,21-,22-,23+,24+,25-,26+,27-/m1/s1. The van der Waals surface area contributed by atoms with Crippen molar-refractivity contribution < 1.29 is 48.4 Å². The van der Waals surface area contributed by atoms with Crippen LogP contribution in [0.15, 0.2) is 0 Å². The van der Waals surface area contributed by atoms with E-state index < -0.39 is 54.7 Å². The molecular weight excluding hydrogens is 484 g/mol. The molecule has 0 unspecified atom stereocenters. The van der Waals surface area contributed by atoms with Gasteiger partial charge in [0.1, 0.15) is 24.4 Å². The van der Waals surface area contributed by atoms with Crippen molar-refractivity contribution in [1.82, 2.24) is 0 Å². The number of fused-ring (bicyclic) bond motifs is 2. The number of hydrogen-bond donors (Lipinski definition) is 2. The highest BCUT2D eigenvalue weighted by Gasteiger charge is 2.69. The van der Waals surface area contributed by atoms with E-state index in [0.29, 0.717) is 5.92 Å². The summed E-state index contributed by atoms with van der Waals surface area (Å²) in [7, 11) is 0. The van der Waals surface area contributed by atoms with E-state index in [1.165, 1.54) is 0 Å². The van der Waals surface area contributed by atoms with Gasteiger partial charge in [-0.15, -0.1) is 0 Å². The number of aliphatic hydroxyl groups excluding tert-OH is 2. The van der Waals surface area contributed by atoms with Crippen LogP contribution >= 0.6 is 0 Å². The highest BCUT2D eigenvalue weighted by molar-refractivity contribution is 5.09. The quantitative estimate of drug-likeness (QED) is 0.476. The molecule has 6 fully saturated rings. The highest BCUT2D eigenvalue weighted by Crippen LogP contribution is 2.60. The molecule has 0 radical (unpaired) electrons. The molecule has 0 aromatic rings. The van der Waals surface area contributed by atoms with Crippen molar-refractivity contribution in [2.24, 2.45) is 23.7 Å². The fraction of sp³-hybridized carbons (Fsp3) is 1.00. The lowest BCUT2D eigenvalue weighted by Gasteiger charge is -2.60. The van der Waals surface area contributed by atoms with E-state index in [4.69, 9.17) is 38.2 Å². The largest absolute Gasteiger partial charge is 0.387 e. The van der Waals surface area contributed by atoms with Gasteiger partial charge in [-0.05, 0) is 65.7 Å². The van der Waals surface area contributed by atoms with Crippen LogP contribution in [-0.4, -0.2) is 83.7 Å². The zero-order valence-corrected chi connectivity index (χ0v) is 23.2. The summed E-state index contributed by atoms with van der Waals surface area (Å²) >= 11 is 0. The first-order chi connectivity index (χ1) is 17.4. The maximum absolute atomic E-state index is 11.0. The van der Waals surface area contributed by atoms with Gasteiger partial charge in [0.05, 0.1) is 18.8 Å². The Morgan fingerprint density at radius 1 is 0.892 bits per heavy atom. The SMILES string of the molecule is CC(C)OC[C@H]1O[C@@H](O[C@H]2O[C@@H]3O[C@]4(C)CC[C@H]5[C@H](C)CC[C@@H]([C@H]2C)[C@@]35OO4)[C@H](O)[C@@H](O)[C@@H]1OC(C)C. The number of rotatable bonds is 7. The fourth-order valence-corrected chi connectivity index (χ4v) is 7.08. The van der Waals surface area contributed by atoms with Gasteiger partial charge in [0.15, 0.2) is 24.5 Å². The number of aliphatic hydroxyl groups is 2. The molecule has 0 aromatic heterocycles. The van der Waals surface area contributed by atoms with Crippen molar-refractivity contribution in [2.75, 3.05) is 6.61 Å². The van der Waals surface area contributed by atoms with Gasteiger partial charge in [0.2, 0.25) is 5.79 Å². The lowest BCUT2D eigenvalue weighted by atomic mass is 9.58. The Morgan fingerprint density at radius 2 is 1.65 bits per heavy atom. The minimum atomic E-state index is -1.33. The fourth-order valence-electron chi connectivity index (χ4n) is 7.08. The van der Waals surface area contributed by atoms with Crippen LogP contribution < -0.4 is 0 Å². The topological polar surface area (TPSA) is 114 Å². The molecule has 5 aliphatic heterocycles. The Balaban J connectivity index is 1.36. The summed E-state index contributed by atoms with van der Waals surface area (Å²) in [4.78, 5) is 12.1. The summed E-state index contributed by atoms with van der Waals surface area (Å²) in [5.74, 6) is -0.209. The predicted octanol–water partition coefficient (Wildman–Crippen LogP) is 2.88. The van der Waals surface area contributed by atoms with Gasteiger partial charge in [-0.2, -0.15) is 0 Å². The first-order valence-corrected chi connectivity index (χ1v) is 14.1. The first-order valence-electron chi connectivity index (χ1n) is 14.1. The second-order valence-corrected chi connectivity index (χ2v) is 12.5. The van der Waals surface area contributed by atoms with Crippen molar-refractivity contribution >= 4 is 0 Å². The van der Waals surface area contributed by atoms with Crippen LogP contribution in [0.25, 0.3) is 0 Å². The molecule has 5 heterocycles. The summed E-state index contributed by atoms with van der Waals surface area (Å²) in [6.45, 7) is 14.0. The molecular formula is C27H46O10. The van der Waals surface area contributed by atoms with Crippen LogP contribution in [0.3, 0.4) is 0 Å². The van der Waals surface area contributed by atoms with Crippen LogP contribution in [0, 0.1) is 23.7 Å². The van der Waals surface area contributed by atoms with Gasteiger partial charge in [-0.25, -0.2) is 9.78 Å². The maximum Gasteiger partial charge on any atom is 0.201 e. The molecule has 5 saturated heterocycles. The van der Waals surface area contributed by atoms with Crippen LogP contribution in [0.4, 0.5) is 0 Å². The molecule has 1 spiro atoms. The van der Waals surface area contributed by atoms with Crippen molar-refractivity contribution in [2.45, 2.75) is 141 Å². The van der Waals surface area contributed by atoms with Crippen molar-refractivity contribution in [3.8, 4) is 0 Å². The van der Waals surface area contributed by atoms with E-state index in [-0.39, 0.29) is 36.6 Å². The van der Waals surface area contributed by atoms with Gasteiger partial charge in [0, 0.05) is 18.3 Å². The molecule has 1 saturated carbocycles. The summed E-state index contributed by atoms with van der Waals surface area (Å²) < 4.78 is 37.1. The summed E-state index contributed by atoms with van der Waals surface area (Å²) in [6, 6.07) is 0. The van der Waals surface area contributed by atoms with E-state index in [1.54, 1.807) is 0 Å². The average molecular weight is 531 g/mol. The monoisotopic (exact) mass is 530 g/mol. The van der Waals surface area contributed by atoms with Gasteiger partial charge in [0.25, 0.3) is 0 Å². The maximum atomic E-state index is 11.0. The zero-order chi connectivity index (χ0) is 26.7. The van der Waals surface area contributed by atoms with E-state index in [2.05, 4.69) is 13.8 Å². The Hall–Kier alpha value is -0.400. The van der Waals surface area contributed by atoms with Crippen LogP contribution in [-0.2, 0) is 38.2 Å². The third-order valence-corrected chi connectivity index (χ3v) is 9.03. The van der Waals surface area contributed by atoms with Gasteiger partial charge >= 0.3 is 0 Å². The molecule has 10 nitrogen and oxygen atoms in total. The highest BCUT2D eigenvalue weighted by atomic mass is 17.3. The second kappa shape index (κ2) is 10.5. The summed E-state index contributed by atoms with van der Waals surface area (Å²) in [5.41, 5.74) is -0.706. The summed E-state index contributed by atoms with van der Waals surface area (Å²) in [6.07, 6.45) is -2.99. The summed E-state index contributed by atoms with van der Waals surface area (Å²) in [5, 5.41) is 22.0. The number of ether oxygens (including phenoxy) is 6. The van der Waals surface area contributed by atoms with Crippen LogP contribution in [0.1, 0.15) is 74.1 Å². The normalized spacial score (nSPS) is 51.8. The van der Waals surface area contributed by atoms with E-state index in [9.17, 15) is 10.2 Å². The number of hydrogen-bond acceptors (Lipinski definition) is 10. The zero-order valence-electron chi connectivity index (χ0n) is 23.2. The second-order valence-electron chi connectivity index (χ2n) is 12.5. The molecule has 6 aliphatic rings. The van der Waals surface area contributed by atoms with E-state index in [1.807, 2.05) is 34.6 Å². The van der Waals surface area contributed by atoms with Gasteiger partial charge in [-0.3, -0.25) is 0 Å². The van der Waals surface area contributed by atoms with E-state index in [0.717, 1.165) is 25.7 Å². The molecule has 10 heteroatoms. The molecule has 214 valence electrons. The Labute approximate surface area is 220 Å². The molecule has 6 rings (SSSR count). The van der Waals surface area contributed by atoms with Crippen molar-refractivity contribution in [1.29, 1.82) is 0 Å². The lowest BCUT2D eigenvalue weighted by Crippen LogP contribution is -2.71. The molecule has 13 atom stereocenters. The van der Waals surface area contributed by atoms with Gasteiger partial charge < -0.3 is 38.6 Å². The Bertz CT molecular complexity index is 795. The lowest BCUT2D eigenvalue weighted by molar-refractivity contribution is -0.579. The average Bonchev–Trinajstić information content (AvgIpc) is 3.06. The van der Waals surface area contributed by atoms with Crippen molar-refractivity contribution in [3.63, 3.8) is 0 Å². The molecule has 2 N–H and O–H groups in total. The molecule has 1 aliphatic carbocycles. The minimum absolute atomic E-state index is 0.0300.